The standard InChI is InChI=1S/C16H23ClN2O/c1-4-6-10-19-13-8-7-9-14(20-11-5-2)15(13)18-16(19)12(3)17/h7-9,12H,4-6,10-11H2,1-3H3. The molecule has 1 unspecified atom stereocenters. The average molecular weight is 295 g/mol. The maximum absolute atomic E-state index is 6.29. The molecule has 20 heavy (non-hydrogen) atoms. The van der Waals surface area contributed by atoms with Gasteiger partial charge in [0.2, 0.25) is 0 Å². The number of benzene rings is 1. The third-order valence-corrected chi connectivity index (χ3v) is 3.52. The molecule has 0 radical (unpaired) electrons. The smallest absolute Gasteiger partial charge is 0.147 e. The summed E-state index contributed by atoms with van der Waals surface area (Å²) in [6.45, 7) is 7.94. The largest absolute Gasteiger partial charge is 0.491 e. The fraction of sp³-hybridized carbons (Fsp3) is 0.562. The fourth-order valence-electron chi connectivity index (χ4n) is 2.32. The van der Waals surface area contributed by atoms with E-state index in [4.69, 9.17) is 21.3 Å². The van der Waals surface area contributed by atoms with E-state index in [0.717, 1.165) is 48.4 Å². The minimum absolute atomic E-state index is 0.0988. The molecule has 1 atom stereocenters. The van der Waals surface area contributed by atoms with Crippen LogP contribution in [0, 0.1) is 0 Å². The Morgan fingerprint density at radius 2 is 2.10 bits per heavy atom. The number of alkyl halides is 1. The van der Waals surface area contributed by atoms with Gasteiger partial charge < -0.3 is 9.30 Å². The van der Waals surface area contributed by atoms with Crippen LogP contribution in [0.1, 0.15) is 51.2 Å². The van der Waals surface area contributed by atoms with E-state index in [9.17, 15) is 0 Å². The van der Waals surface area contributed by atoms with E-state index in [2.05, 4.69) is 24.5 Å². The molecule has 1 aromatic carbocycles. The molecule has 0 saturated carbocycles. The molecule has 2 aromatic rings. The Kier molecular flexibility index (Phi) is 5.30. The highest BCUT2D eigenvalue weighted by atomic mass is 35.5. The van der Waals surface area contributed by atoms with E-state index in [1.165, 1.54) is 0 Å². The van der Waals surface area contributed by atoms with Gasteiger partial charge in [-0.05, 0) is 31.9 Å². The number of rotatable bonds is 7. The van der Waals surface area contributed by atoms with Crippen molar-refractivity contribution in [3.63, 3.8) is 0 Å². The lowest BCUT2D eigenvalue weighted by molar-refractivity contribution is 0.320. The van der Waals surface area contributed by atoms with Gasteiger partial charge in [-0.15, -0.1) is 11.6 Å². The number of halogens is 1. The van der Waals surface area contributed by atoms with Gasteiger partial charge in [-0.2, -0.15) is 0 Å². The van der Waals surface area contributed by atoms with Crippen LogP contribution >= 0.6 is 11.6 Å². The molecule has 0 N–H and O–H groups in total. The number of imidazole rings is 1. The molecule has 0 fully saturated rings. The van der Waals surface area contributed by atoms with Gasteiger partial charge in [0.15, 0.2) is 0 Å². The Morgan fingerprint density at radius 3 is 2.75 bits per heavy atom. The number of para-hydroxylation sites is 1. The van der Waals surface area contributed by atoms with Crippen molar-refractivity contribution in [3.8, 4) is 5.75 Å². The van der Waals surface area contributed by atoms with E-state index in [-0.39, 0.29) is 5.38 Å². The second kappa shape index (κ2) is 6.98. The van der Waals surface area contributed by atoms with Crippen LogP contribution in [0.15, 0.2) is 18.2 Å². The normalized spacial score (nSPS) is 12.8. The lowest BCUT2D eigenvalue weighted by Gasteiger charge is -2.09. The third-order valence-electron chi connectivity index (χ3n) is 3.32. The van der Waals surface area contributed by atoms with Crippen molar-refractivity contribution in [2.24, 2.45) is 0 Å². The number of hydrogen-bond acceptors (Lipinski definition) is 2. The Hall–Kier alpha value is -1.22. The zero-order valence-corrected chi connectivity index (χ0v) is 13.3. The van der Waals surface area contributed by atoms with Crippen LogP contribution in [0.5, 0.6) is 5.75 Å². The number of ether oxygens (including phenoxy) is 1. The van der Waals surface area contributed by atoms with Gasteiger partial charge in [0, 0.05) is 6.54 Å². The highest BCUT2D eigenvalue weighted by Gasteiger charge is 2.17. The maximum Gasteiger partial charge on any atom is 0.147 e. The molecule has 0 aliphatic heterocycles. The van der Waals surface area contributed by atoms with Gasteiger partial charge in [-0.3, -0.25) is 0 Å². The summed E-state index contributed by atoms with van der Waals surface area (Å²) >= 11 is 6.29. The number of aryl methyl sites for hydroxylation is 1. The van der Waals surface area contributed by atoms with Crippen molar-refractivity contribution in [1.82, 2.24) is 9.55 Å². The van der Waals surface area contributed by atoms with E-state index < -0.39 is 0 Å². The number of hydrogen-bond donors (Lipinski definition) is 0. The summed E-state index contributed by atoms with van der Waals surface area (Å²) in [6, 6.07) is 6.11. The van der Waals surface area contributed by atoms with E-state index >= 15 is 0 Å². The molecule has 1 heterocycles. The van der Waals surface area contributed by atoms with Crippen molar-refractivity contribution >= 4 is 22.6 Å². The monoisotopic (exact) mass is 294 g/mol. The first-order valence-electron chi connectivity index (χ1n) is 7.45. The predicted molar refractivity (Wildman–Crippen MR) is 84.7 cm³/mol. The molecule has 110 valence electrons. The number of nitrogens with zero attached hydrogens (tertiary/aromatic N) is 2. The van der Waals surface area contributed by atoms with Gasteiger partial charge in [-0.25, -0.2) is 4.98 Å². The first-order valence-corrected chi connectivity index (χ1v) is 7.88. The van der Waals surface area contributed by atoms with E-state index in [0.29, 0.717) is 6.61 Å². The quantitative estimate of drug-likeness (QED) is 0.677. The summed E-state index contributed by atoms with van der Waals surface area (Å²) in [5.74, 6) is 1.79. The SMILES string of the molecule is CCCCn1c(C(C)Cl)nc2c(OCCC)cccc21. The summed E-state index contributed by atoms with van der Waals surface area (Å²) in [5.41, 5.74) is 2.05. The molecule has 0 amide bonds. The van der Waals surface area contributed by atoms with Crippen LogP contribution in [-0.4, -0.2) is 16.2 Å². The topological polar surface area (TPSA) is 27.1 Å². The van der Waals surface area contributed by atoms with Crippen molar-refractivity contribution in [2.75, 3.05) is 6.61 Å². The van der Waals surface area contributed by atoms with Gasteiger partial charge in [-0.1, -0.05) is 26.3 Å². The van der Waals surface area contributed by atoms with Crippen LogP contribution in [0.4, 0.5) is 0 Å². The maximum atomic E-state index is 6.29. The summed E-state index contributed by atoms with van der Waals surface area (Å²) in [4.78, 5) is 4.72. The molecule has 1 aromatic heterocycles. The second-order valence-electron chi connectivity index (χ2n) is 5.06. The highest BCUT2D eigenvalue weighted by Crippen LogP contribution is 2.30. The molecule has 0 bridgehead atoms. The predicted octanol–water partition coefficient (Wildman–Crippen LogP) is 4.93. The Balaban J connectivity index is 2.48. The number of unbranched alkanes of at least 4 members (excludes halogenated alkanes) is 1. The number of aromatic nitrogens is 2. The van der Waals surface area contributed by atoms with Crippen molar-refractivity contribution in [2.45, 2.75) is 52.0 Å². The molecule has 2 rings (SSSR count). The Morgan fingerprint density at radius 1 is 1.30 bits per heavy atom. The van der Waals surface area contributed by atoms with Gasteiger partial charge in [0.25, 0.3) is 0 Å². The Bertz CT molecular complexity index is 563. The van der Waals surface area contributed by atoms with E-state index in [1.54, 1.807) is 0 Å². The lowest BCUT2D eigenvalue weighted by atomic mass is 10.2. The molecule has 4 heteroatoms. The van der Waals surface area contributed by atoms with Gasteiger partial charge in [0.05, 0.1) is 17.5 Å². The highest BCUT2D eigenvalue weighted by molar-refractivity contribution is 6.20. The third kappa shape index (κ3) is 3.09. The molecule has 3 nitrogen and oxygen atoms in total. The zero-order chi connectivity index (χ0) is 14.5. The second-order valence-corrected chi connectivity index (χ2v) is 5.72. The van der Waals surface area contributed by atoms with E-state index in [1.807, 2.05) is 19.1 Å². The summed E-state index contributed by atoms with van der Waals surface area (Å²) < 4.78 is 8.03. The molecule has 0 saturated heterocycles. The minimum atomic E-state index is -0.0988. The van der Waals surface area contributed by atoms with Crippen molar-refractivity contribution in [1.29, 1.82) is 0 Å². The molecule has 0 aliphatic rings. The van der Waals surface area contributed by atoms with Gasteiger partial charge in [0.1, 0.15) is 17.1 Å². The molecule has 0 spiro atoms. The fourth-order valence-corrected chi connectivity index (χ4v) is 2.49. The van der Waals surface area contributed by atoms with Crippen molar-refractivity contribution in [3.05, 3.63) is 24.0 Å². The first-order chi connectivity index (χ1) is 9.69. The minimum Gasteiger partial charge on any atom is -0.491 e. The van der Waals surface area contributed by atoms with Crippen LogP contribution in [0.2, 0.25) is 0 Å². The summed E-state index contributed by atoms with van der Waals surface area (Å²) in [5, 5.41) is -0.0988. The molecular formula is C16H23ClN2O. The van der Waals surface area contributed by atoms with Crippen LogP contribution < -0.4 is 4.74 Å². The molecule has 0 aliphatic carbocycles. The first kappa shape index (κ1) is 15.2. The Labute approximate surface area is 125 Å². The number of fused-ring (bicyclic) bond motifs is 1. The zero-order valence-electron chi connectivity index (χ0n) is 12.5. The summed E-state index contributed by atoms with van der Waals surface area (Å²) in [6.07, 6.45) is 3.27. The van der Waals surface area contributed by atoms with Crippen molar-refractivity contribution < 1.29 is 4.74 Å². The average Bonchev–Trinajstić information content (AvgIpc) is 2.82. The lowest BCUT2D eigenvalue weighted by Crippen LogP contribution is -2.04. The van der Waals surface area contributed by atoms with Crippen LogP contribution in [-0.2, 0) is 6.54 Å². The molecular weight excluding hydrogens is 272 g/mol. The van der Waals surface area contributed by atoms with Crippen LogP contribution in [0.25, 0.3) is 11.0 Å². The van der Waals surface area contributed by atoms with Crippen LogP contribution in [0.3, 0.4) is 0 Å². The summed E-state index contributed by atoms with van der Waals surface area (Å²) in [7, 11) is 0. The van der Waals surface area contributed by atoms with Gasteiger partial charge >= 0.3 is 0 Å².